The lowest BCUT2D eigenvalue weighted by Crippen LogP contribution is -2.14. The molecule has 0 fully saturated rings. The Morgan fingerprint density at radius 3 is 2.74 bits per heavy atom. The Labute approximate surface area is 112 Å². The van der Waals surface area contributed by atoms with Crippen molar-refractivity contribution in [3.05, 3.63) is 41.0 Å². The molecular formula is C11H10F2N4OS. The van der Waals surface area contributed by atoms with Gasteiger partial charge in [-0.05, 0) is 19.1 Å². The Bertz CT molecular complexity index is 629. The molecule has 0 radical (unpaired) electrons. The summed E-state index contributed by atoms with van der Waals surface area (Å²) in [5.41, 5.74) is 5.11. The van der Waals surface area contributed by atoms with Gasteiger partial charge < -0.3 is 15.6 Å². The molecule has 1 heterocycles. The summed E-state index contributed by atoms with van der Waals surface area (Å²) in [7, 11) is 0. The standard InChI is InChI=1S/C11H10F2N4OS/c1-5-16-8(18-17-5)4-15-7-3-2-6(11(14)19)9(12)10(7)13/h2-3,15H,4H2,1H3,(H2,14,19). The third kappa shape index (κ3) is 2.84. The molecule has 1 aromatic heterocycles. The Balaban J connectivity index is 2.17. The van der Waals surface area contributed by atoms with E-state index in [-0.39, 0.29) is 28.7 Å². The van der Waals surface area contributed by atoms with Crippen LogP contribution < -0.4 is 11.1 Å². The van der Waals surface area contributed by atoms with E-state index >= 15 is 0 Å². The molecule has 0 aliphatic rings. The van der Waals surface area contributed by atoms with Gasteiger partial charge in [-0.15, -0.1) is 0 Å². The van der Waals surface area contributed by atoms with Gasteiger partial charge in [-0.25, -0.2) is 8.78 Å². The van der Waals surface area contributed by atoms with E-state index in [0.29, 0.717) is 5.82 Å². The molecule has 0 bridgehead atoms. The lowest BCUT2D eigenvalue weighted by molar-refractivity contribution is 0.379. The van der Waals surface area contributed by atoms with Crippen molar-refractivity contribution in [1.82, 2.24) is 10.1 Å². The van der Waals surface area contributed by atoms with Gasteiger partial charge in [-0.1, -0.05) is 17.4 Å². The van der Waals surface area contributed by atoms with E-state index in [1.54, 1.807) is 6.92 Å². The molecule has 0 aliphatic carbocycles. The third-order valence-electron chi connectivity index (χ3n) is 2.35. The van der Waals surface area contributed by atoms with E-state index in [4.69, 9.17) is 10.3 Å². The summed E-state index contributed by atoms with van der Waals surface area (Å²) in [5.74, 6) is -1.40. The van der Waals surface area contributed by atoms with Crippen molar-refractivity contribution in [2.45, 2.75) is 13.5 Å². The van der Waals surface area contributed by atoms with Crippen LogP contribution in [0.3, 0.4) is 0 Å². The maximum atomic E-state index is 13.7. The van der Waals surface area contributed by atoms with Gasteiger partial charge in [0.15, 0.2) is 17.5 Å². The molecule has 3 N–H and O–H groups in total. The number of halogens is 2. The third-order valence-corrected chi connectivity index (χ3v) is 2.57. The molecule has 19 heavy (non-hydrogen) atoms. The predicted octanol–water partition coefficient (Wildman–Crippen LogP) is 1.90. The SMILES string of the molecule is Cc1noc(CNc2ccc(C(N)=S)c(F)c2F)n1. The number of hydrogen-bond acceptors (Lipinski definition) is 5. The molecule has 2 rings (SSSR count). The lowest BCUT2D eigenvalue weighted by atomic mass is 10.2. The molecule has 0 saturated carbocycles. The van der Waals surface area contributed by atoms with Gasteiger partial charge in [0.05, 0.1) is 12.2 Å². The highest BCUT2D eigenvalue weighted by Gasteiger charge is 2.15. The van der Waals surface area contributed by atoms with Gasteiger partial charge >= 0.3 is 0 Å². The molecule has 0 saturated heterocycles. The maximum absolute atomic E-state index is 13.7. The van der Waals surface area contributed by atoms with Crippen LogP contribution in [0.2, 0.25) is 0 Å². The number of hydrogen-bond donors (Lipinski definition) is 2. The van der Waals surface area contributed by atoms with Crippen LogP contribution in [0.5, 0.6) is 0 Å². The normalized spacial score (nSPS) is 10.5. The van der Waals surface area contributed by atoms with Crippen LogP contribution in [0.25, 0.3) is 0 Å². The zero-order valence-electron chi connectivity index (χ0n) is 9.91. The van der Waals surface area contributed by atoms with Crippen LogP contribution in [0.1, 0.15) is 17.3 Å². The van der Waals surface area contributed by atoms with Crippen molar-refractivity contribution in [3.63, 3.8) is 0 Å². The second kappa shape index (κ2) is 5.27. The van der Waals surface area contributed by atoms with Crippen LogP contribution in [0, 0.1) is 18.6 Å². The number of nitrogens with two attached hydrogens (primary N) is 1. The summed E-state index contributed by atoms with van der Waals surface area (Å²) in [6.45, 7) is 1.74. The molecule has 1 aromatic carbocycles. The minimum atomic E-state index is -1.08. The molecule has 0 atom stereocenters. The van der Waals surface area contributed by atoms with Gasteiger partial charge in [-0.3, -0.25) is 0 Å². The molecule has 100 valence electrons. The van der Waals surface area contributed by atoms with Crippen LogP contribution >= 0.6 is 12.2 Å². The van der Waals surface area contributed by atoms with Crippen molar-refractivity contribution in [2.75, 3.05) is 5.32 Å². The zero-order chi connectivity index (χ0) is 14.0. The molecule has 0 unspecified atom stereocenters. The summed E-state index contributed by atoms with van der Waals surface area (Å²) in [6, 6.07) is 2.65. The largest absolute Gasteiger partial charge is 0.389 e. The van der Waals surface area contributed by atoms with E-state index in [9.17, 15) is 8.78 Å². The summed E-state index contributed by atoms with van der Waals surface area (Å²) < 4.78 is 32.2. The number of anilines is 1. The topological polar surface area (TPSA) is 77.0 Å². The highest BCUT2D eigenvalue weighted by molar-refractivity contribution is 7.80. The number of aromatic nitrogens is 2. The molecule has 0 spiro atoms. The molecule has 2 aromatic rings. The molecule has 8 heteroatoms. The second-order valence-electron chi connectivity index (χ2n) is 3.74. The van der Waals surface area contributed by atoms with Gasteiger partial charge in [0.2, 0.25) is 5.89 Å². The van der Waals surface area contributed by atoms with Crippen molar-refractivity contribution < 1.29 is 13.3 Å². The van der Waals surface area contributed by atoms with E-state index in [0.717, 1.165) is 0 Å². The fourth-order valence-electron chi connectivity index (χ4n) is 1.46. The summed E-state index contributed by atoms with van der Waals surface area (Å²) >= 11 is 4.61. The first-order valence-electron chi connectivity index (χ1n) is 5.30. The molecule has 0 aliphatic heterocycles. The Hall–Kier alpha value is -2.09. The number of benzene rings is 1. The van der Waals surface area contributed by atoms with Crippen LogP contribution in [0.15, 0.2) is 16.7 Å². The quantitative estimate of drug-likeness (QED) is 0.835. The maximum Gasteiger partial charge on any atom is 0.245 e. The van der Waals surface area contributed by atoms with E-state index < -0.39 is 11.6 Å². The fourth-order valence-corrected chi connectivity index (χ4v) is 1.62. The minimum Gasteiger partial charge on any atom is -0.389 e. The average Bonchev–Trinajstić information content (AvgIpc) is 2.76. The molecular weight excluding hydrogens is 274 g/mol. The number of aryl methyl sites for hydroxylation is 1. The first kappa shape index (κ1) is 13.3. The Morgan fingerprint density at radius 2 is 2.16 bits per heavy atom. The van der Waals surface area contributed by atoms with Crippen LogP contribution in [-0.2, 0) is 6.54 Å². The number of nitrogens with zero attached hydrogens (tertiary/aromatic N) is 2. The predicted molar refractivity (Wildman–Crippen MR) is 68.6 cm³/mol. The summed E-state index contributed by atoms with van der Waals surface area (Å²) in [4.78, 5) is 3.73. The first-order valence-corrected chi connectivity index (χ1v) is 5.70. The highest BCUT2D eigenvalue weighted by Crippen LogP contribution is 2.21. The van der Waals surface area contributed by atoms with Gasteiger partial charge in [0.25, 0.3) is 0 Å². The van der Waals surface area contributed by atoms with Crippen molar-refractivity contribution >= 4 is 22.9 Å². The smallest absolute Gasteiger partial charge is 0.245 e. The molecule has 5 nitrogen and oxygen atoms in total. The van der Waals surface area contributed by atoms with E-state index in [1.807, 2.05) is 0 Å². The monoisotopic (exact) mass is 284 g/mol. The van der Waals surface area contributed by atoms with E-state index in [1.165, 1.54) is 12.1 Å². The number of thiocarbonyl (C=S) groups is 1. The van der Waals surface area contributed by atoms with Crippen LogP contribution in [0.4, 0.5) is 14.5 Å². The Kier molecular flexibility index (Phi) is 3.70. The lowest BCUT2D eigenvalue weighted by Gasteiger charge is -2.08. The average molecular weight is 284 g/mol. The van der Waals surface area contributed by atoms with Gasteiger partial charge in [0.1, 0.15) is 4.99 Å². The number of rotatable bonds is 4. The fraction of sp³-hybridized carbons (Fsp3) is 0.182. The Morgan fingerprint density at radius 1 is 1.42 bits per heavy atom. The van der Waals surface area contributed by atoms with E-state index in [2.05, 4.69) is 27.7 Å². The highest BCUT2D eigenvalue weighted by atomic mass is 32.1. The zero-order valence-corrected chi connectivity index (χ0v) is 10.7. The van der Waals surface area contributed by atoms with Crippen molar-refractivity contribution in [3.8, 4) is 0 Å². The summed E-state index contributed by atoms with van der Waals surface area (Å²) in [6.07, 6.45) is 0. The van der Waals surface area contributed by atoms with Gasteiger partial charge in [-0.2, -0.15) is 4.98 Å². The number of nitrogens with one attached hydrogen (secondary N) is 1. The van der Waals surface area contributed by atoms with Crippen molar-refractivity contribution in [1.29, 1.82) is 0 Å². The second-order valence-corrected chi connectivity index (χ2v) is 4.18. The van der Waals surface area contributed by atoms with Crippen molar-refractivity contribution in [2.24, 2.45) is 5.73 Å². The minimum absolute atomic E-state index is 0.0339. The molecule has 0 amide bonds. The first-order chi connectivity index (χ1) is 8.99. The summed E-state index contributed by atoms with van der Waals surface area (Å²) in [5, 5.41) is 6.23. The van der Waals surface area contributed by atoms with Gasteiger partial charge in [0, 0.05) is 5.56 Å². The van der Waals surface area contributed by atoms with Crippen LogP contribution in [-0.4, -0.2) is 15.1 Å².